The number of hydrazone groups is 1. The average Bonchev–Trinajstić information content (AvgIpc) is 3.82. The Morgan fingerprint density at radius 3 is 2.07 bits per heavy atom. The largest absolute Gasteiger partial charge is 0.356 e. The summed E-state index contributed by atoms with van der Waals surface area (Å²) in [5, 5.41) is 14.3. The van der Waals surface area contributed by atoms with Gasteiger partial charge in [-0.1, -0.05) is 138 Å². The van der Waals surface area contributed by atoms with Crippen LogP contribution in [-0.2, 0) is 20.8 Å². The fourth-order valence-corrected chi connectivity index (χ4v) is 11.1. The molecular formula is C54H54Cl5N7O3S. The minimum atomic E-state index is -0.789. The Morgan fingerprint density at radius 2 is 1.43 bits per heavy atom. The number of aryl methyl sites for hydroxylation is 1. The summed E-state index contributed by atoms with van der Waals surface area (Å²) in [6, 6.07) is 27.1. The molecule has 5 aromatic rings. The summed E-state index contributed by atoms with van der Waals surface area (Å²) in [7, 11) is 0. The number of amides is 3. The van der Waals surface area contributed by atoms with Crippen LogP contribution in [0.15, 0.2) is 112 Å². The van der Waals surface area contributed by atoms with E-state index in [-0.39, 0.29) is 36.7 Å². The number of nitrogens with one attached hydrogen (secondary N) is 3. The van der Waals surface area contributed by atoms with Crippen LogP contribution in [0.4, 0.5) is 5.00 Å². The number of carbonyl (C=O) groups excluding carboxylic acids is 3. The first-order chi connectivity index (χ1) is 33.7. The van der Waals surface area contributed by atoms with Gasteiger partial charge in [-0.3, -0.25) is 29.7 Å². The lowest BCUT2D eigenvalue weighted by Gasteiger charge is -2.34. The highest BCUT2D eigenvalue weighted by Gasteiger charge is 2.41. The Labute approximate surface area is 438 Å². The van der Waals surface area contributed by atoms with E-state index in [1.54, 1.807) is 40.5 Å². The van der Waals surface area contributed by atoms with Gasteiger partial charge in [0.05, 0.1) is 38.3 Å². The Balaban J connectivity index is 0.871. The van der Waals surface area contributed by atoms with Gasteiger partial charge in [-0.25, -0.2) is 0 Å². The molecule has 70 heavy (non-hydrogen) atoms. The molecule has 1 saturated heterocycles. The molecule has 1 aromatic heterocycles. The maximum absolute atomic E-state index is 14.6. The lowest BCUT2D eigenvalue weighted by atomic mass is 9.94. The van der Waals surface area contributed by atoms with Crippen molar-refractivity contribution in [1.29, 1.82) is 0 Å². The maximum Gasteiger partial charge on any atom is 0.246 e. The smallest absolute Gasteiger partial charge is 0.246 e. The summed E-state index contributed by atoms with van der Waals surface area (Å²) < 4.78 is 0. The number of amidine groups is 1. The molecule has 1 fully saturated rings. The van der Waals surface area contributed by atoms with Crippen LogP contribution in [0.25, 0.3) is 12.2 Å². The van der Waals surface area contributed by atoms with Crippen LogP contribution in [0.2, 0.25) is 25.1 Å². The number of nitrogens with zero attached hydrogens (tertiary/aromatic N) is 4. The van der Waals surface area contributed by atoms with Crippen LogP contribution in [-0.4, -0.2) is 72.1 Å². The van der Waals surface area contributed by atoms with Crippen molar-refractivity contribution in [3.63, 3.8) is 0 Å². The van der Waals surface area contributed by atoms with Crippen LogP contribution in [0.5, 0.6) is 0 Å². The first-order valence-electron chi connectivity index (χ1n) is 23.4. The number of anilines is 1. The van der Waals surface area contributed by atoms with Crippen molar-refractivity contribution in [2.45, 2.75) is 90.4 Å². The molecule has 0 radical (unpaired) electrons. The Bertz CT molecular complexity index is 2810. The van der Waals surface area contributed by atoms with E-state index in [2.05, 4.69) is 39.9 Å². The van der Waals surface area contributed by atoms with E-state index in [0.717, 1.165) is 80.3 Å². The third-order valence-corrected chi connectivity index (χ3v) is 15.7. The quantitative estimate of drug-likeness (QED) is 0.0851. The molecule has 0 aliphatic carbocycles. The molecule has 0 saturated carbocycles. The van der Waals surface area contributed by atoms with Gasteiger partial charge in [0.15, 0.2) is 0 Å². The van der Waals surface area contributed by atoms with Gasteiger partial charge in [0.2, 0.25) is 17.7 Å². The zero-order valence-corrected chi connectivity index (χ0v) is 43.7. The van der Waals surface area contributed by atoms with Crippen molar-refractivity contribution in [2.24, 2.45) is 10.1 Å². The standard InChI is InChI=1S/C54H54Cl5N7O3S/c1-32-33(2)70-54-50(32)51(40-16-18-41(55)19-17-40)62-46(52-64-63-34(3)66(52)54)29-49(68)60-22-10-5-4-9-13-48(67)61-47(28-35-11-7-6-8-12-35)53(69)65-30-38(23-36-14-20-42(56)44(58)26-36)25-39(31-65)24-37-15-21-43(57)45(59)27-37/h6-8,11-12,14-21,23-24,26-27,46-47,52,64H,4-5,9-10,13,22,25,28-31H2,1-3H3,(H,60,68)(H,61,67)/b38-23-,39-24-/t46-,47-,52?/m0/s1. The van der Waals surface area contributed by atoms with E-state index < -0.39 is 12.1 Å². The Morgan fingerprint density at radius 1 is 0.786 bits per heavy atom. The highest BCUT2D eigenvalue weighted by atomic mass is 35.5. The molecule has 3 N–H and O–H groups in total. The number of carbonyl (C=O) groups is 3. The minimum Gasteiger partial charge on any atom is -0.356 e. The van der Waals surface area contributed by atoms with E-state index in [4.69, 9.17) is 63.0 Å². The predicted molar refractivity (Wildman–Crippen MR) is 290 cm³/mol. The summed E-state index contributed by atoms with van der Waals surface area (Å²) in [4.78, 5) is 52.3. The van der Waals surface area contributed by atoms with Gasteiger partial charge < -0.3 is 15.5 Å². The second-order valence-electron chi connectivity index (χ2n) is 18.0. The Kier molecular flexibility index (Phi) is 17.1. The van der Waals surface area contributed by atoms with E-state index in [0.29, 0.717) is 64.0 Å². The maximum atomic E-state index is 14.6. The molecule has 3 aliphatic heterocycles. The van der Waals surface area contributed by atoms with Crippen LogP contribution in [0.1, 0.15) is 90.1 Å². The molecular weight excluding hydrogens is 1000 g/mol. The topological polar surface area (TPSA) is 118 Å². The highest BCUT2D eigenvalue weighted by Crippen LogP contribution is 2.42. The molecule has 3 amide bonds. The lowest BCUT2D eigenvalue weighted by molar-refractivity contribution is -0.136. The normalized spacial score (nSPS) is 18.1. The Hall–Kier alpha value is -5.14. The van der Waals surface area contributed by atoms with Crippen LogP contribution in [0, 0.1) is 13.8 Å². The van der Waals surface area contributed by atoms with Gasteiger partial charge >= 0.3 is 0 Å². The number of fused-ring (bicyclic) bond motifs is 3. The van der Waals surface area contributed by atoms with Crippen molar-refractivity contribution in [3.8, 4) is 0 Å². The molecule has 3 aliphatic rings. The number of hydrogen-bond donors (Lipinski definition) is 3. The number of aliphatic imine (C=N–C) groups is 1. The SMILES string of the molecule is CC1=NNC2[C@H](CC(=O)NCCCCCCC(=O)N[C@@H](Cc3ccccc3)C(=O)N3C/C(=C\c4ccc(Cl)c(Cl)c4)C/C(=C/c4ccc(Cl)c(Cl)c4)C3)N=C(c3ccc(Cl)cc3)c3c(sc(C)c3C)N12. The molecule has 4 aromatic carbocycles. The average molecular weight is 1060 g/mol. The van der Waals surface area contributed by atoms with Gasteiger partial charge in [-0.15, -0.1) is 11.3 Å². The number of rotatable bonds is 16. The predicted octanol–water partition coefficient (Wildman–Crippen LogP) is 12.5. The molecule has 0 bridgehead atoms. The number of benzene rings is 4. The third kappa shape index (κ3) is 12.7. The minimum absolute atomic E-state index is 0.0927. The van der Waals surface area contributed by atoms with Crippen molar-refractivity contribution < 1.29 is 14.4 Å². The lowest BCUT2D eigenvalue weighted by Crippen LogP contribution is -2.51. The fourth-order valence-electron chi connectivity index (χ4n) is 9.11. The first-order valence-corrected chi connectivity index (χ1v) is 26.1. The molecule has 8 rings (SSSR count). The number of piperidine rings is 1. The molecule has 4 heterocycles. The molecule has 0 spiro atoms. The van der Waals surface area contributed by atoms with Crippen molar-refractivity contribution in [3.05, 3.63) is 166 Å². The molecule has 10 nitrogen and oxygen atoms in total. The first kappa shape index (κ1) is 51.2. The summed E-state index contributed by atoms with van der Waals surface area (Å²) in [6.07, 6.45) is 8.14. The summed E-state index contributed by atoms with van der Waals surface area (Å²) in [5.41, 5.74) is 11.9. The van der Waals surface area contributed by atoms with Crippen molar-refractivity contribution in [2.75, 3.05) is 24.5 Å². The van der Waals surface area contributed by atoms with Gasteiger partial charge in [0, 0.05) is 53.5 Å². The third-order valence-electron chi connectivity index (χ3n) is 12.7. The van der Waals surface area contributed by atoms with Gasteiger partial charge in [-0.05, 0) is 110 Å². The summed E-state index contributed by atoms with van der Waals surface area (Å²) >= 11 is 33.2. The summed E-state index contributed by atoms with van der Waals surface area (Å²) in [5.74, 6) is 0.369. The number of halogens is 5. The second kappa shape index (κ2) is 23.4. The van der Waals surface area contributed by atoms with E-state index >= 15 is 0 Å². The number of hydrogen-bond acceptors (Lipinski definition) is 8. The van der Waals surface area contributed by atoms with E-state index in [9.17, 15) is 14.4 Å². The van der Waals surface area contributed by atoms with E-state index in [1.165, 1.54) is 4.88 Å². The van der Waals surface area contributed by atoms with Crippen LogP contribution in [0.3, 0.4) is 0 Å². The summed E-state index contributed by atoms with van der Waals surface area (Å²) in [6.45, 7) is 7.44. The van der Waals surface area contributed by atoms with Crippen molar-refractivity contribution in [1.82, 2.24) is 21.0 Å². The van der Waals surface area contributed by atoms with Gasteiger partial charge in [0.25, 0.3) is 0 Å². The van der Waals surface area contributed by atoms with E-state index in [1.807, 2.05) is 85.8 Å². The van der Waals surface area contributed by atoms with Gasteiger partial charge in [0.1, 0.15) is 23.0 Å². The zero-order valence-electron chi connectivity index (χ0n) is 39.1. The second-order valence-corrected chi connectivity index (χ2v) is 21.2. The zero-order chi connectivity index (χ0) is 49.5. The molecule has 364 valence electrons. The van der Waals surface area contributed by atoms with Crippen LogP contribution < -0.4 is 21.0 Å². The molecule has 3 atom stereocenters. The number of unbranched alkanes of at least 4 members (excludes halogenated alkanes) is 3. The number of thiophene rings is 1. The van der Waals surface area contributed by atoms with Crippen molar-refractivity contribution >= 4 is 116 Å². The molecule has 1 unspecified atom stereocenters. The fraction of sp³-hybridized carbons (Fsp3) is 0.315. The monoisotopic (exact) mass is 1060 g/mol. The van der Waals surface area contributed by atoms with Crippen LogP contribution >= 0.6 is 69.3 Å². The molecule has 16 heteroatoms. The van der Waals surface area contributed by atoms with Gasteiger partial charge in [-0.2, -0.15) is 5.10 Å². The number of likely N-dealkylation sites (tertiary alicyclic amines) is 1. The highest BCUT2D eigenvalue weighted by molar-refractivity contribution is 7.17.